The molecule has 2 aromatic carbocycles. The lowest BCUT2D eigenvalue weighted by Gasteiger charge is -2.12. The van der Waals surface area contributed by atoms with E-state index in [0.29, 0.717) is 0 Å². The van der Waals surface area contributed by atoms with Gasteiger partial charge in [0.15, 0.2) is 6.61 Å². The van der Waals surface area contributed by atoms with Gasteiger partial charge in [0.2, 0.25) is 0 Å². The lowest BCUT2D eigenvalue weighted by molar-refractivity contribution is -0.123. The summed E-state index contributed by atoms with van der Waals surface area (Å²) in [6, 6.07) is 7.87. The Kier molecular flexibility index (Phi) is 7.97. The van der Waals surface area contributed by atoms with Gasteiger partial charge in [0, 0.05) is 24.7 Å². The molecule has 154 valence electrons. The van der Waals surface area contributed by atoms with Crippen molar-refractivity contribution < 1.29 is 27.8 Å². The van der Waals surface area contributed by atoms with Gasteiger partial charge < -0.3 is 20.1 Å². The van der Waals surface area contributed by atoms with Crippen molar-refractivity contribution >= 4 is 23.4 Å². The Morgan fingerprint density at radius 3 is 2.62 bits per heavy atom. The summed E-state index contributed by atoms with van der Waals surface area (Å²) in [6.07, 6.45) is 0.212. The van der Waals surface area contributed by atoms with Crippen molar-refractivity contribution in [2.75, 3.05) is 20.3 Å². The highest BCUT2D eigenvalue weighted by molar-refractivity contribution is 6.30. The van der Waals surface area contributed by atoms with Crippen molar-refractivity contribution in [3.63, 3.8) is 0 Å². The monoisotopic (exact) mass is 424 g/mol. The first kappa shape index (κ1) is 22.2. The van der Waals surface area contributed by atoms with Gasteiger partial charge in [-0.25, -0.2) is 8.78 Å². The molecule has 0 aliphatic carbocycles. The van der Waals surface area contributed by atoms with Crippen molar-refractivity contribution in [3.05, 3.63) is 70.9 Å². The third-order valence-electron chi connectivity index (χ3n) is 3.72. The van der Waals surface area contributed by atoms with E-state index >= 15 is 0 Å². The quantitative estimate of drug-likeness (QED) is 0.646. The van der Waals surface area contributed by atoms with Gasteiger partial charge in [-0.15, -0.1) is 0 Å². The Morgan fingerprint density at radius 2 is 1.93 bits per heavy atom. The van der Waals surface area contributed by atoms with Crippen molar-refractivity contribution in [3.8, 4) is 11.5 Å². The number of carbonyl (C=O) groups is 2. The van der Waals surface area contributed by atoms with E-state index in [1.807, 2.05) is 0 Å². The van der Waals surface area contributed by atoms with Crippen molar-refractivity contribution in [1.29, 1.82) is 0 Å². The Labute approximate surface area is 171 Å². The highest BCUT2D eigenvalue weighted by Gasteiger charge is 2.18. The first-order valence-electron chi connectivity index (χ1n) is 8.48. The molecule has 9 heteroatoms. The van der Waals surface area contributed by atoms with Crippen LogP contribution in [0.25, 0.3) is 0 Å². The lowest BCUT2D eigenvalue weighted by Crippen LogP contribution is -2.31. The molecule has 2 rings (SSSR count). The maximum absolute atomic E-state index is 13.9. The summed E-state index contributed by atoms with van der Waals surface area (Å²) in [6.45, 7) is 3.51. The number of carbonyl (C=O) groups excluding carboxylic acids is 2. The molecular weight excluding hydrogens is 406 g/mol. The van der Waals surface area contributed by atoms with Crippen LogP contribution < -0.4 is 20.1 Å². The largest absolute Gasteiger partial charge is 0.496 e. The number of hydrogen-bond donors (Lipinski definition) is 2. The zero-order valence-corrected chi connectivity index (χ0v) is 16.3. The zero-order chi connectivity index (χ0) is 21.4. The average Bonchev–Trinajstić information content (AvgIpc) is 2.68. The fraction of sp³-hybridized carbons (Fsp3) is 0.200. The van der Waals surface area contributed by atoms with E-state index < -0.39 is 23.4 Å². The average molecular weight is 425 g/mol. The van der Waals surface area contributed by atoms with Gasteiger partial charge in [-0.1, -0.05) is 24.2 Å². The van der Waals surface area contributed by atoms with Crippen LogP contribution in [0.3, 0.4) is 0 Å². The predicted molar refractivity (Wildman–Crippen MR) is 104 cm³/mol. The molecule has 2 amide bonds. The van der Waals surface area contributed by atoms with E-state index in [-0.39, 0.29) is 47.4 Å². The van der Waals surface area contributed by atoms with Crippen LogP contribution >= 0.6 is 11.6 Å². The fourth-order valence-corrected chi connectivity index (χ4v) is 2.42. The summed E-state index contributed by atoms with van der Waals surface area (Å²) in [5.74, 6) is -2.27. The van der Waals surface area contributed by atoms with Crippen molar-refractivity contribution in [1.82, 2.24) is 10.6 Å². The Morgan fingerprint density at radius 1 is 1.17 bits per heavy atom. The molecule has 6 nitrogen and oxygen atoms in total. The molecular formula is C20H19ClF2N2O4. The summed E-state index contributed by atoms with van der Waals surface area (Å²) in [5, 5.41) is 4.98. The van der Waals surface area contributed by atoms with E-state index in [1.54, 1.807) is 0 Å². The van der Waals surface area contributed by atoms with Gasteiger partial charge in [-0.3, -0.25) is 9.59 Å². The first-order valence-corrected chi connectivity index (χ1v) is 8.85. The summed E-state index contributed by atoms with van der Waals surface area (Å²) < 4.78 is 37.4. The minimum Gasteiger partial charge on any atom is -0.496 e. The number of rotatable bonds is 9. The number of halogens is 3. The fourth-order valence-electron chi connectivity index (χ4n) is 2.30. The normalized spacial score (nSPS) is 10.2. The van der Waals surface area contributed by atoms with Gasteiger partial charge in [-0.2, -0.15) is 0 Å². The van der Waals surface area contributed by atoms with Crippen molar-refractivity contribution in [2.24, 2.45) is 0 Å². The molecule has 0 atom stereocenters. The standard InChI is InChI=1S/C20H19ClF2N2O4/c1-12(25-20(27)19-15(22)4-3-5-17(19)28-2)8-9-24-18(26)11-29-13-6-7-14(21)16(23)10-13/h3-7,10H,1,8-9,11H2,2H3,(H,24,26)(H,25,27). The van der Waals surface area contributed by atoms with E-state index in [1.165, 1.54) is 31.4 Å². The van der Waals surface area contributed by atoms with Gasteiger partial charge in [-0.05, 0) is 24.3 Å². The number of benzene rings is 2. The van der Waals surface area contributed by atoms with Crippen LogP contribution in [0.2, 0.25) is 5.02 Å². The van der Waals surface area contributed by atoms with E-state index in [9.17, 15) is 18.4 Å². The molecule has 0 unspecified atom stereocenters. The molecule has 2 N–H and O–H groups in total. The van der Waals surface area contributed by atoms with E-state index in [0.717, 1.165) is 12.1 Å². The van der Waals surface area contributed by atoms with Gasteiger partial charge in [0.05, 0.1) is 12.1 Å². The van der Waals surface area contributed by atoms with Crippen LogP contribution in [0.15, 0.2) is 48.7 Å². The van der Waals surface area contributed by atoms with Gasteiger partial charge in [0.1, 0.15) is 28.7 Å². The zero-order valence-electron chi connectivity index (χ0n) is 15.6. The molecule has 0 radical (unpaired) electrons. The van der Waals surface area contributed by atoms with Crippen LogP contribution in [0.4, 0.5) is 8.78 Å². The SMILES string of the molecule is C=C(CCNC(=O)COc1ccc(Cl)c(F)c1)NC(=O)c1c(F)cccc1OC. The van der Waals surface area contributed by atoms with Gasteiger partial charge in [0.25, 0.3) is 11.8 Å². The molecule has 0 aromatic heterocycles. The molecule has 0 aliphatic rings. The van der Waals surface area contributed by atoms with Crippen LogP contribution in [-0.2, 0) is 4.79 Å². The molecule has 0 spiro atoms. The molecule has 0 saturated heterocycles. The van der Waals surface area contributed by atoms with Gasteiger partial charge >= 0.3 is 0 Å². The molecule has 0 saturated carbocycles. The van der Waals surface area contributed by atoms with Crippen LogP contribution in [0.1, 0.15) is 16.8 Å². The van der Waals surface area contributed by atoms with E-state index in [4.69, 9.17) is 21.1 Å². The third-order valence-corrected chi connectivity index (χ3v) is 4.03. The second kappa shape index (κ2) is 10.4. The van der Waals surface area contributed by atoms with Crippen LogP contribution in [0.5, 0.6) is 11.5 Å². The highest BCUT2D eigenvalue weighted by Crippen LogP contribution is 2.21. The Balaban J connectivity index is 1.76. The number of ether oxygens (including phenoxy) is 2. The second-order valence-corrected chi connectivity index (χ2v) is 6.25. The topological polar surface area (TPSA) is 76.7 Å². The minimum atomic E-state index is -0.723. The number of nitrogens with one attached hydrogen (secondary N) is 2. The number of hydrogen-bond acceptors (Lipinski definition) is 4. The lowest BCUT2D eigenvalue weighted by atomic mass is 10.1. The molecule has 0 bridgehead atoms. The van der Waals surface area contributed by atoms with Crippen LogP contribution in [0, 0.1) is 11.6 Å². The highest BCUT2D eigenvalue weighted by atomic mass is 35.5. The Hall–Kier alpha value is -3.13. The third kappa shape index (κ3) is 6.46. The summed E-state index contributed by atoms with van der Waals surface area (Å²) in [5.41, 5.74) is 0.0464. The second-order valence-electron chi connectivity index (χ2n) is 5.84. The predicted octanol–water partition coefficient (Wildman–Crippen LogP) is 3.46. The number of methoxy groups -OCH3 is 1. The van der Waals surface area contributed by atoms with Crippen molar-refractivity contribution in [2.45, 2.75) is 6.42 Å². The molecule has 0 aliphatic heterocycles. The first-order chi connectivity index (χ1) is 13.8. The molecule has 0 heterocycles. The Bertz CT molecular complexity index is 921. The minimum absolute atomic E-state index is 0.0460. The summed E-state index contributed by atoms with van der Waals surface area (Å²) in [4.78, 5) is 24.0. The number of amides is 2. The maximum Gasteiger partial charge on any atom is 0.262 e. The molecule has 29 heavy (non-hydrogen) atoms. The summed E-state index contributed by atoms with van der Waals surface area (Å²) in [7, 11) is 1.33. The van der Waals surface area contributed by atoms with Crippen LogP contribution in [-0.4, -0.2) is 32.1 Å². The molecule has 2 aromatic rings. The maximum atomic E-state index is 13.9. The molecule has 0 fully saturated rings. The van der Waals surface area contributed by atoms with E-state index in [2.05, 4.69) is 17.2 Å². The smallest absolute Gasteiger partial charge is 0.262 e. The summed E-state index contributed by atoms with van der Waals surface area (Å²) >= 11 is 5.57.